The van der Waals surface area contributed by atoms with E-state index in [1.807, 2.05) is 0 Å². The van der Waals surface area contributed by atoms with E-state index in [2.05, 4.69) is 52.0 Å². The van der Waals surface area contributed by atoms with Gasteiger partial charge in [-0.2, -0.15) is 0 Å². The Hall–Kier alpha value is -0.380. The molecule has 0 spiro atoms. The Labute approximate surface area is 125 Å². The first-order chi connectivity index (χ1) is 9.26. The minimum absolute atomic E-state index is 0.472. The maximum absolute atomic E-state index is 6.09. The van der Waals surface area contributed by atoms with Gasteiger partial charge in [0.1, 0.15) is 0 Å². The van der Waals surface area contributed by atoms with Crippen molar-refractivity contribution in [1.82, 2.24) is 4.90 Å². The highest BCUT2D eigenvalue weighted by Gasteiger charge is 2.29. The first-order valence-corrected chi connectivity index (χ1v) is 8.25. The second-order valence-electron chi connectivity index (χ2n) is 5.49. The van der Waals surface area contributed by atoms with Crippen LogP contribution in [0.2, 0.25) is 0 Å². The Morgan fingerprint density at radius 1 is 1.32 bits per heavy atom. The van der Waals surface area contributed by atoms with Crippen LogP contribution in [0.25, 0.3) is 0 Å². The molecule has 1 fully saturated rings. The number of likely N-dealkylation sites (tertiary alicyclic amines) is 1. The summed E-state index contributed by atoms with van der Waals surface area (Å²) in [7, 11) is 0. The van der Waals surface area contributed by atoms with Gasteiger partial charge in [-0.05, 0) is 50.0 Å². The fourth-order valence-corrected chi connectivity index (χ4v) is 3.53. The molecule has 3 heteroatoms. The maximum atomic E-state index is 6.09. The van der Waals surface area contributed by atoms with Crippen LogP contribution in [0.3, 0.4) is 0 Å². The lowest BCUT2D eigenvalue weighted by atomic mass is 9.85. The molecule has 1 aliphatic heterocycles. The number of piperidine rings is 1. The predicted octanol–water partition coefficient (Wildman–Crippen LogP) is 3.76. The minimum atomic E-state index is 0.472. The Morgan fingerprint density at radius 3 is 2.68 bits per heavy atom. The molecule has 0 saturated carbocycles. The van der Waals surface area contributed by atoms with Crippen LogP contribution in [0.5, 0.6) is 0 Å². The molecule has 1 aromatic carbocycles. The molecule has 1 aliphatic rings. The van der Waals surface area contributed by atoms with E-state index < -0.39 is 0 Å². The fraction of sp³-hybridized carbons (Fsp3) is 0.625. The molecule has 1 saturated heterocycles. The number of nitrogens with two attached hydrogens (primary N) is 1. The molecule has 0 aliphatic carbocycles. The highest BCUT2D eigenvalue weighted by molar-refractivity contribution is 9.10. The summed E-state index contributed by atoms with van der Waals surface area (Å²) in [5.74, 6) is 0.472. The van der Waals surface area contributed by atoms with Crippen LogP contribution >= 0.6 is 15.9 Å². The first-order valence-electron chi connectivity index (χ1n) is 7.45. The quantitative estimate of drug-likeness (QED) is 0.893. The predicted molar refractivity (Wildman–Crippen MR) is 85.4 cm³/mol. The minimum Gasteiger partial charge on any atom is -0.330 e. The van der Waals surface area contributed by atoms with Gasteiger partial charge in [0, 0.05) is 23.0 Å². The van der Waals surface area contributed by atoms with Gasteiger partial charge in [-0.1, -0.05) is 41.4 Å². The molecule has 2 N–H and O–H groups in total. The van der Waals surface area contributed by atoms with E-state index in [4.69, 9.17) is 5.73 Å². The van der Waals surface area contributed by atoms with E-state index in [0.29, 0.717) is 12.0 Å². The summed E-state index contributed by atoms with van der Waals surface area (Å²) in [6.07, 6.45) is 5.21. The molecule has 0 radical (unpaired) electrons. The fourth-order valence-electron chi connectivity index (χ4n) is 3.26. The summed E-state index contributed by atoms with van der Waals surface area (Å²) in [6, 6.07) is 9.33. The van der Waals surface area contributed by atoms with E-state index in [1.165, 1.54) is 44.3 Å². The normalized spacial score (nSPS) is 22.4. The average Bonchev–Trinajstić information content (AvgIpc) is 2.44. The van der Waals surface area contributed by atoms with Gasteiger partial charge in [0.15, 0.2) is 0 Å². The van der Waals surface area contributed by atoms with Crippen molar-refractivity contribution in [3.05, 3.63) is 34.3 Å². The molecule has 1 aromatic rings. The van der Waals surface area contributed by atoms with Crippen LogP contribution < -0.4 is 5.73 Å². The van der Waals surface area contributed by atoms with Gasteiger partial charge < -0.3 is 5.73 Å². The van der Waals surface area contributed by atoms with Crippen molar-refractivity contribution >= 4 is 15.9 Å². The van der Waals surface area contributed by atoms with Crippen molar-refractivity contribution < 1.29 is 0 Å². The maximum Gasteiger partial charge on any atom is 0.0176 e. The zero-order chi connectivity index (χ0) is 13.7. The lowest BCUT2D eigenvalue weighted by molar-refractivity contribution is 0.127. The Kier molecular flexibility index (Phi) is 5.86. The van der Waals surface area contributed by atoms with Gasteiger partial charge in [0.2, 0.25) is 0 Å². The van der Waals surface area contributed by atoms with Crippen LogP contribution in [-0.2, 0) is 0 Å². The van der Waals surface area contributed by atoms with E-state index in [9.17, 15) is 0 Å². The first kappa shape index (κ1) is 15.0. The summed E-state index contributed by atoms with van der Waals surface area (Å²) < 4.78 is 1.14. The Bertz CT molecular complexity index is 375. The van der Waals surface area contributed by atoms with Gasteiger partial charge >= 0.3 is 0 Å². The lowest BCUT2D eigenvalue weighted by Crippen LogP contribution is -2.45. The lowest BCUT2D eigenvalue weighted by Gasteiger charge is -2.40. The molecule has 2 unspecified atom stereocenters. The summed E-state index contributed by atoms with van der Waals surface area (Å²) >= 11 is 3.51. The van der Waals surface area contributed by atoms with Gasteiger partial charge in [0.05, 0.1) is 0 Å². The molecule has 0 amide bonds. The third-order valence-electron chi connectivity index (χ3n) is 4.19. The van der Waals surface area contributed by atoms with Crippen LogP contribution in [0.15, 0.2) is 28.7 Å². The number of halogens is 1. The third kappa shape index (κ3) is 3.80. The molecule has 2 atom stereocenters. The number of benzene rings is 1. The monoisotopic (exact) mass is 324 g/mol. The zero-order valence-electron chi connectivity index (χ0n) is 11.8. The molecule has 19 heavy (non-hydrogen) atoms. The number of nitrogens with zero attached hydrogens (tertiary/aromatic N) is 1. The van der Waals surface area contributed by atoms with Gasteiger partial charge in [0.25, 0.3) is 0 Å². The third-order valence-corrected chi connectivity index (χ3v) is 4.72. The van der Waals surface area contributed by atoms with E-state index in [1.54, 1.807) is 0 Å². The smallest absolute Gasteiger partial charge is 0.0176 e. The second kappa shape index (κ2) is 7.41. The summed E-state index contributed by atoms with van der Waals surface area (Å²) in [6.45, 7) is 5.46. The number of hydrogen-bond acceptors (Lipinski definition) is 2. The van der Waals surface area contributed by atoms with Gasteiger partial charge in [-0.25, -0.2) is 0 Å². The molecule has 0 bridgehead atoms. The van der Waals surface area contributed by atoms with Crippen LogP contribution in [-0.4, -0.2) is 30.6 Å². The van der Waals surface area contributed by atoms with Crippen LogP contribution in [0, 0.1) is 0 Å². The molecule has 2 nitrogen and oxygen atoms in total. The largest absolute Gasteiger partial charge is 0.330 e. The standard InChI is InChI=1S/C16H25BrN2/c1-2-10-19-11-4-3-5-16(19)15(12-18)13-6-8-14(17)9-7-13/h6-9,15-16H,2-5,10-12,18H2,1H3. The molecule has 1 heterocycles. The Morgan fingerprint density at radius 2 is 2.05 bits per heavy atom. The number of hydrogen-bond donors (Lipinski definition) is 1. The van der Waals surface area contributed by atoms with Crippen molar-refractivity contribution in [1.29, 1.82) is 0 Å². The van der Waals surface area contributed by atoms with Crippen molar-refractivity contribution in [2.24, 2.45) is 5.73 Å². The van der Waals surface area contributed by atoms with Crippen molar-refractivity contribution in [2.75, 3.05) is 19.6 Å². The highest BCUT2D eigenvalue weighted by Crippen LogP contribution is 2.30. The van der Waals surface area contributed by atoms with Crippen LogP contribution in [0.1, 0.15) is 44.1 Å². The van der Waals surface area contributed by atoms with E-state index >= 15 is 0 Å². The van der Waals surface area contributed by atoms with E-state index in [0.717, 1.165) is 11.0 Å². The molecule has 0 aromatic heterocycles. The SMILES string of the molecule is CCCN1CCCCC1C(CN)c1ccc(Br)cc1. The molecular weight excluding hydrogens is 300 g/mol. The topological polar surface area (TPSA) is 29.3 Å². The van der Waals surface area contributed by atoms with Gasteiger partial charge in [-0.3, -0.25) is 4.90 Å². The Balaban J connectivity index is 2.16. The molecule has 106 valence electrons. The zero-order valence-corrected chi connectivity index (χ0v) is 13.4. The van der Waals surface area contributed by atoms with Crippen molar-refractivity contribution in [3.63, 3.8) is 0 Å². The van der Waals surface area contributed by atoms with Crippen LogP contribution in [0.4, 0.5) is 0 Å². The summed E-state index contributed by atoms with van der Waals surface area (Å²) in [5.41, 5.74) is 7.48. The summed E-state index contributed by atoms with van der Waals surface area (Å²) in [4.78, 5) is 2.66. The van der Waals surface area contributed by atoms with Gasteiger partial charge in [-0.15, -0.1) is 0 Å². The highest BCUT2D eigenvalue weighted by atomic mass is 79.9. The average molecular weight is 325 g/mol. The molecular formula is C16H25BrN2. The summed E-state index contributed by atoms with van der Waals surface area (Å²) in [5, 5.41) is 0. The number of rotatable bonds is 5. The second-order valence-corrected chi connectivity index (χ2v) is 6.41. The van der Waals surface area contributed by atoms with E-state index in [-0.39, 0.29) is 0 Å². The molecule has 2 rings (SSSR count). The van der Waals surface area contributed by atoms with Crippen molar-refractivity contribution in [3.8, 4) is 0 Å². The van der Waals surface area contributed by atoms with Crippen molar-refractivity contribution in [2.45, 2.75) is 44.6 Å².